The highest BCUT2D eigenvalue weighted by Crippen LogP contribution is 2.23. The number of rotatable bonds is 6. The smallest absolute Gasteiger partial charge is 0.242 e. The van der Waals surface area contributed by atoms with Gasteiger partial charge in [-0.15, -0.1) is 0 Å². The van der Waals surface area contributed by atoms with Crippen molar-refractivity contribution in [3.05, 3.63) is 66.4 Å². The molecule has 1 aliphatic rings. The highest BCUT2D eigenvalue weighted by molar-refractivity contribution is 7.89. The molecule has 3 aromatic rings. The molecule has 2 N–H and O–H groups in total. The summed E-state index contributed by atoms with van der Waals surface area (Å²) >= 11 is 0. The third-order valence-corrected chi connectivity index (χ3v) is 6.99. The van der Waals surface area contributed by atoms with Crippen LogP contribution in [0.1, 0.15) is 18.4 Å². The van der Waals surface area contributed by atoms with E-state index in [9.17, 15) is 13.2 Å². The van der Waals surface area contributed by atoms with E-state index in [1.54, 1.807) is 18.3 Å². The van der Waals surface area contributed by atoms with Gasteiger partial charge in [-0.1, -0.05) is 30.3 Å². The third-order valence-electron chi connectivity index (χ3n) is 5.43. The van der Waals surface area contributed by atoms with Crippen molar-refractivity contribution in [1.29, 1.82) is 0 Å². The summed E-state index contributed by atoms with van der Waals surface area (Å²) in [5, 5.41) is 3.69. The first-order chi connectivity index (χ1) is 14.9. The Balaban J connectivity index is 1.35. The predicted octanol–water partition coefficient (Wildman–Crippen LogP) is 2.92. The standard InChI is InChI=1S/C23H26N4O3S/c1-17-14-18-6-5-9-21(23(18)24-15-17)31(29,30)26-20-10-12-27(13-11-20)16-22(28)25-19-7-3-2-4-8-19/h2-9,14-15,20,26H,10-13,16H2,1H3,(H,25,28). The largest absolute Gasteiger partial charge is 0.325 e. The van der Waals surface area contributed by atoms with Crippen LogP contribution < -0.4 is 10.0 Å². The van der Waals surface area contributed by atoms with Crippen molar-refractivity contribution >= 4 is 32.5 Å². The van der Waals surface area contributed by atoms with Crippen LogP contribution in [-0.4, -0.2) is 49.9 Å². The number of aryl methyl sites for hydroxylation is 1. The summed E-state index contributed by atoms with van der Waals surface area (Å²) in [7, 11) is -3.69. The first kappa shape index (κ1) is 21.4. The van der Waals surface area contributed by atoms with Crippen LogP contribution in [0, 0.1) is 6.92 Å². The van der Waals surface area contributed by atoms with E-state index in [1.165, 1.54) is 0 Å². The monoisotopic (exact) mass is 438 g/mol. The van der Waals surface area contributed by atoms with E-state index in [-0.39, 0.29) is 16.8 Å². The Labute approximate surface area is 182 Å². The number of fused-ring (bicyclic) bond motifs is 1. The number of piperidine rings is 1. The molecule has 2 heterocycles. The Kier molecular flexibility index (Phi) is 6.31. The molecule has 0 saturated carbocycles. The van der Waals surface area contributed by atoms with E-state index in [4.69, 9.17) is 0 Å². The van der Waals surface area contributed by atoms with Gasteiger partial charge in [0.25, 0.3) is 0 Å². The molecule has 2 aromatic carbocycles. The zero-order valence-corrected chi connectivity index (χ0v) is 18.2. The summed E-state index contributed by atoms with van der Waals surface area (Å²) in [5.74, 6) is -0.0673. The molecular weight excluding hydrogens is 412 g/mol. The fraction of sp³-hybridized carbons (Fsp3) is 0.304. The predicted molar refractivity (Wildman–Crippen MR) is 121 cm³/mol. The van der Waals surface area contributed by atoms with Crippen molar-refractivity contribution in [2.45, 2.75) is 30.7 Å². The minimum atomic E-state index is -3.69. The van der Waals surface area contributed by atoms with Gasteiger partial charge in [0, 0.05) is 36.4 Å². The Hall–Kier alpha value is -2.81. The average Bonchev–Trinajstić information content (AvgIpc) is 2.75. The van der Waals surface area contributed by atoms with Gasteiger partial charge in [-0.2, -0.15) is 0 Å². The lowest BCUT2D eigenvalue weighted by molar-refractivity contribution is -0.117. The molecule has 31 heavy (non-hydrogen) atoms. The van der Waals surface area contributed by atoms with Gasteiger partial charge in [0.15, 0.2) is 0 Å². The Bertz CT molecular complexity index is 1170. The van der Waals surface area contributed by atoms with Gasteiger partial charge in [-0.25, -0.2) is 13.1 Å². The number of hydrogen-bond donors (Lipinski definition) is 2. The van der Waals surface area contributed by atoms with Crippen LogP contribution in [0.3, 0.4) is 0 Å². The van der Waals surface area contributed by atoms with Crippen LogP contribution in [0.15, 0.2) is 65.7 Å². The van der Waals surface area contributed by atoms with Gasteiger partial charge in [-0.05, 0) is 49.6 Å². The summed E-state index contributed by atoms with van der Waals surface area (Å²) < 4.78 is 28.9. The number of sulfonamides is 1. The van der Waals surface area contributed by atoms with Crippen molar-refractivity contribution in [2.24, 2.45) is 0 Å². The van der Waals surface area contributed by atoms with Crippen molar-refractivity contribution in [2.75, 3.05) is 25.0 Å². The molecule has 162 valence electrons. The number of amides is 1. The second-order valence-electron chi connectivity index (χ2n) is 7.93. The molecule has 1 aromatic heterocycles. The number of carbonyl (C=O) groups is 1. The Morgan fingerprint density at radius 2 is 1.84 bits per heavy atom. The maximum absolute atomic E-state index is 13.0. The van der Waals surface area contributed by atoms with Crippen LogP contribution >= 0.6 is 0 Å². The number of nitrogens with zero attached hydrogens (tertiary/aromatic N) is 2. The number of para-hydroxylation sites is 2. The third kappa shape index (κ3) is 5.28. The van der Waals surface area contributed by atoms with Crippen molar-refractivity contribution < 1.29 is 13.2 Å². The zero-order valence-electron chi connectivity index (χ0n) is 17.4. The van der Waals surface area contributed by atoms with Gasteiger partial charge in [0.1, 0.15) is 4.90 Å². The molecular formula is C23H26N4O3S. The summed E-state index contributed by atoms with van der Waals surface area (Å²) in [5.41, 5.74) is 2.24. The molecule has 0 radical (unpaired) electrons. The molecule has 8 heteroatoms. The number of anilines is 1. The first-order valence-electron chi connectivity index (χ1n) is 10.4. The SMILES string of the molecule is Cc1cnc2c(S(=O)(=O)NC3CCN(CC(=O)Nc4ccccc4)CC3)cccc2c1. The molecule has 0 spiro atoms. The minimum Gasteiger partial charge on any atom is -0.325 e. The molecule has 0 atom stereocenters. The molecule has 1 fully saturated rings. The normalized spacial score (nSPS) is 15.8. The summed E-state index contributed by atoms with van der Waals surface area (Å²) in [6.45, 7) is 3.53. The molecule has 4 rings (SSSR count). The molecule has 0 aliphatic carbocycles. The van der Waals surface area contributed by atoms with Gasteiger partial charge < -0.3 is 5.32 Å². The van der Waals surface area contributed by atoms with Gasteiger partial charge in [-0.3, -0.25) is 14.7 Å². The molecule has 1 amide bonds. The number of benzene rings is 2. The molecule has 1 aliphatic heterocycles. The van der Waals surface area contributed by atoms with Crippen LogP contribution in [0.25, 0.3) is 10.9 Å². The maximum atomic E-state index is 13.0. The number of nitrogens with one attached hydrogen (secondary N) is 2. The first-order valence-corrected chi connectivity index (χ1v) is 11.8. The summed E-state index contributed by atoms with van der Waals surface area (Å²) in [6.07, 6.45) is 2.98. The van der Waals surface area contributed by atoms with E-state index in [2.05, 4.69) is 15.0 Å². The van der Waals surface area contributed by atoms with Gasteiger partial charge in [0.2, 0.25) is 15.9 Å². The van der Waals surface area contributed by atoms with Crippen LogP contribution in [0.2, 0.25) is 0 Å². The van der Waals surface area contributed by atoms with Crippen LogP contribution in [0.4, 0.5) is 5.69 Å². The van der Waals surface area contributed by atoms with Crippen molar-refractivity contribution in [3.63, 3.8) is 0 Å². The Morgan fingerprint density at radius 3 is 2.58 bits per heavy atom. The second-order valence-corrected chi connectivity index (χ2v) is 9.61. The van der Waals surface area contributed by atoms with E-state index < -0.39 is 10.0 Å². The van der Waals surface area contributed by atoms with Crippen molar-refractivity contribution in [1.82, 2.24) is 14.6 Å². The fourth-order valence-electron chi connectivity index (χ4n) is 3.88. The molecule has 0 bridgehead atoms. The highest BCUT2D eigenvalue weighted by Gasteiger charge is 2.26. The van der Waals surface area contributed by atoms with E-state index in [1.807, 2.05) is 54.3 Å². The fourth-order valence-corrected chi connectivity index (χ4v) is 5.36. The van der Waals surface area contributed by atoms with Gasteiger partial charge >= 0.3 is 0 Å². The highest BCUT2D eigenvalue weighted by atomic mass is 32.2. The van der Waals surface area contributed by atoms with Crippen LogP contribution in [0.5, 0.6) is 0 Å². The number of likely N-dealkylation sites (tertiary alicyclic amines) is 1. The number of pyridine rings is 1. The van der Waals surface area contributed by atoms with E-state index in [0.717, 1.165) is 16.6 Å². The maximum Gasteiger partial charge on any atom is 0.242 e. The minimum absolute atomic E-state index is 0.0673. The van der Waals surface area contributed by atoms with Crippen molar-refractivity contribution in [3.8, 4) is 0 Å². The lowest BCUT2D eigenvalue weighted by Gasteiger charge is -2.31. The number of hydrogen-bond acceptors (Lipinski definition) is 5. The lowest BCUT2D eigenvalue weighted by Crippen LogP contribution is -2.46. The zero-order chi connectivity index (χ0) is 21.8. The van der Waals surface area contributed by atoms with Crippen LogP contribution in [-0.2, 0) is 14.8 Å². The second kappa shape index (κ2) is 9.13. The quantitative estimate of drug-likeness (QED) is 0.618. The van der Waals surface area contributed by atoms with E-state index >= 15 is 0 Å². The summed E-state index contributed by atoms with van der Waals surface area (Å²) in [4.78, 5) is 18.9. The molecule has 0 unspecified atom stereocenters. The summed E-state index contributed by atoms with van der Waals surface area (Å²) in [6, 6.07) is 16.3. The number of carbonyl (C=O) groups excluding carboxylic acids is 1. The lowest BCUT2D eigenvalue weighted by atomic mass is 10.1. The van der Waals surface area contributed by atoms with Gasteiger partial charge in [0.05, 0.1) is 12.1 Å². The average molecular weight is 439 g/mol. The molecule has 7 nitrogen and oxygen atoms in total. The van der Waals surface area contributed by atoms with E-state index in [0.29, 0.717) is 38.0 Å². The number of aromatic nitrogens is 1. The Morgan fingerprint density at radius 1 is 1.10 bits per heavy atom. The molecule has 1 saturated heterocycles. The topological polar surface area (TPSA) is 91.4 Å².